The molecule has 1 aromatic heterocycles. The van der Waals surface area contributed by atoms with Crippen LogP contribution in [0.5, 0.6) is 0 Å². The Kier molecular flexibility index (Phi) is 5.91. The number of rotatable bonds is 4. The molecule has 0 unspecified atom stereocenters. The van der Waals surface area contributed by atoms with Crippen molar-refractivity contribution in [1.82, 2.24) is 14.5 Å². The van der Waals surface area contributed by atoms with Gasteiger partial charge in [-0.15, -0.1) is 12.4 Å². The summed E-state index contributed by atoms with van der Waals surface area (Å²) >= 11 is 6.05. The first-order valence-electron chi connectivity index (χ1n) is 9.04. The summed E-state index contributed by atoms with van der Waals surface area (Å²) < 4.78 is 2.38. The van der Waals surface area contributed by atoms with Gasteiger partial charge in [0.15, 0.2) is 0 Å². The summed E-state index contributed by atoms with van der Waals surface area (Å²) in [6.07, 6.45) is 2.60. The van der Waals surface area contributed by atoms with Crippen LogP contribution in [-0.2, 0) is 13.1 Å². The second-order valence-electron chi connectivity index (χ2n) is 7.10. The van der Waals surface area contributed by atoms with Crippen molar-refractivity contribution in [2.24, 2.45) is 0 Å². The van der Waals surface area contributed by atoms with Crippen LogP contribution >= 0.6 is 24.0 Å². The minimum atomic E-state index is 0. The van der Waals surface area contributed by atoms with Crippen molar-refractivity contribution in [2.75, 3.05) is 13.1 Å². The van der Waals surface area contributed by atoms with Gasteiger partial charge in [0.25, 0.3) is 0 Å². The van der Waals surface area contributed by atoms with Crippen molar-refractivity contribution in [2.45, 2.75) is 39.8 Å². The molecule has 0 spiro atoms. The lowest BCUT2D eigenvalue weighted by Gasteiger charge is -2.16. The number of hydrogen-bond donors (Lipinski definition) is 0. The third kappa shape index (κ3) is 3.75. The normalized spacial score (nSPS) is 14.7. The topological polar surface area (TPSA) is 21.1 Å². The van der Waals surface area contributed by atoms with Gasteiger partial charge in [0.1, 0.15) is 5.82 Å². The monoisotopic (exact) mass is 389 g/mol. The molecule has 1 saturated heterocycles. The first-order valence-corrected chi connectivity index (χ1v) is 9.42. The number of hydrogen-bond acceptors (Lipinski definition) is 2. The highest BCUT2D eigenvalue weighted by Crippen LogP contribution is 2.25. The van der Waals surface area contributed by atoms with Gasteiger partial charge in [0, 0.05) is 11.6 Å². The SMILES string of the molecule is Cc1ccc2c(nc(CN3CCCC3)n2Cc2ccc(Cl)cc2)c1C.Cl. The molecule has 0 aliphatic carbocycles. The fourth-order valence-corrected chi connectivity index (χ4v) is 3.81. The van der Waals surface area contributed by atoms with Gasteiger partial charge in [-0.05, 0) is 74.7 Å². The van der Waals surface area contributed by atoms with E-state index in [9.17, 15) is 0 Å². The molecule has 26 heavy (non-hydrogen) atoms. The molecule has 1 aliphatic heterocycles. The quantitative estimate of drug-likeness (QED) is 0.597. The molecule has 0 bridgehead atoms. The van der Waals surface area contributed by atoms with E-state index in [0.717, 1.165) is 23.6 Å². The molecule has 0 N–H and O–H groups in total. The van der Waals surface area contributed by atoms with E-state index in [1.807, 2.05) is 12.1 Å². The zero-order valence-electron chi connectivity index (χ0n) is 15.3. The molecule has 3 nitrogen and oxygen atoms in total. The maximum Gasteiger partial charge on any atom is 0.124 e. The summed E-state index contributed by atoms with van der Waals surface area (Å²) in [6, 6.07) is 12.6. The van der Waals surface area contributed by atoms with Crippen molar-refractivity contribution in [3.05, 3.63) is 63.9 Å². The maximum absolute atomic E-state index is 6.05. The Labute approximate surface area is 166 Å². The summed E-state index contributed by atoms with van der Waals surface area (Å²) in [5.41, 5.74) is 6.21. The minimum absolute atomic E-state index is 0. The Balaban J connectivity index is 0.00000196. The van der Waals surface area contributed by atoms with E-state index in [-0.39, 0.29) is 12.4 Å². The third-order valence-corrected chi connectivity index (χ3v) is 5.59. The molecule has 0 amide bonds. The molecule has 1 fully saturated rings. The van der Waals surface area contributed by atoms with E-state index >= 15 is 0 Å². The van der Waals surface area contributed by atoms with Crippen LogP contribution in [0.2, 0.25) is 5.02 Å². The van der Waals surface area contributed by atoms with Gasteiger partial charge in [0.05, 0.1) is 17.6 Å². The maximum atomic E-state index is 6.05. The number of aromatic nitrogens is 2. The largest absolute Gasteiger partial charge is 0.322 e. The Morgan fingerprint density at radius 3 is 2.35 bits per heavy atom. The number of aryl methyl sites for hydroxylation is 2. The number of nitrogens with zero attached hydrogens (tertiary/aromatic N) is 3. The summed E-state index contributed by atoms with van der Waals surface area (Å²) in [7, 11) is 0. The second kappa shape index (κ2) is 7.99. The number of benzene rings is 2. The highest BCUT2D eigenvalue weighted by atomic mass is 35.5. The smallest absolute Gasteiger partial charge is 0.124 e. The fraction of sp³-hybridized carbons (Fsp3) is 0.381. The van der Waals surface area contributed by atoms with Crippen LogP contribution < -0.4 is 0 Å². The Morgan fingerprint density at radius 1 is 0.962 bits per heavy atom. The lowest BCUT2D eigenvalue weighted by Crippen LogP contribution is -2.21. The van der Waals surface area contributed by atoms with Crippen molar-refractivity contribution >= 4 is 35.0 Å². The number of likely N-dealkylation sites (tertiary alicyclic amines) is 1. The van der Waals surface area contributed by atoms with Crippen LogP contribution in [0.4, 0.5) is 0 Å². The van der Waals surface area contributed by atoms with Gasteiger partial charge in [0.2, 0.25) is 0 Å². The predicted octanol–water partition coefficient (Wildman–Crippen LogP) is 5.37. The minimum Gasteiger partial charge on any atom is -0.322 e. The molecule has 0 saturated carbocycles. The lowest BCUT2D eigenvalue weighted by molar-refractivity contribution is 0.318. The fourth-order valence-electron chi connectivity index (χ4n) is 3.68. The van der Waals surface area contributed by atoms with Crippen molar-refractivity contribution in [3.8, 4) is 0 Å². The first kappa shape index (κ1) is 19.2. The van der Waals surface area contributed by atoms with E-state index in [2.05, 4.69) is 47.6 Å². The first-order chi connectivity index (χ1) is 12.1. The molecule has 0 atom stereocenters. The van der Waals surface area contributed by atoms with E-state index < -0.39 is 0 Å². The lowest BCUT2D eigenvalue weighted by atomic mass is 10.1. The van der Waals surface area contributed by atoms with Crippen LogP contribution in [0.3, 0.4) is 0 Å². The van der Waals surface area contributed by atoms with Gasteiger partial charge in [-0.2, -0.15) is 0 Å². The standard InChI is InChI=1S/C21H24ClN3.ClH/c1-15-5-10-19-21(16(15)2)23-20(14-24-11-3-4-12-24)25(19)13-17-6-8-18(22)9-7-17;/h5-10H,3-4,11-14H2,1-2H3;1H. The zero-order chi connectivity index (χ0) is 17.4. The average molecular weight is 390 g/mol. The molecule has 4 rings (SSSR count). The Hall–Kier alpha value is -1.55. The molecule has 0 radical (unpaired) electrons. The summed E-state index contributed by atoms with van der Waals surface area (Å²) in [5, 5.41) is 0.781. The van der Waals surface area contributed by atoms with Gasteiger partial charge >= 0.3 is 0 Å². The zero-order valence-corrected chi connectivity index (χ0v) is 16.9. The van der Waals surface area contributed by atoms with E-state index in [4.69, 9.17) is 16.6 Å². The van der Waals surface area contributed by atoms with Crippen LogP contribution in [0.25, 0.3) is 11.0 Å². The molecular formula is C21H25Cl2N3. The van der Waals surface area contributed by atoms with Crippen LogP contribution in [-0.4, -0.2) is 27.5 Å². The Bertz CT molecular complexity index is 894. The van der Waals surface area contributed by atoms with Crippen LogP contribution in [0, 0.1) is 13.8 Å². The molecule has 1 aliphatic rings. The molecule has 138 valence electrons. The van der Waals surface area contributed by atoms with E-state index in [0.29, 0.717) is 0 Å². The van der Waals surface area contributed by atoms with Gasteiger partial charge < -0.3 is 4.57 Å². The van der Waals surface area contributed by atoms with Crippen LogP contribution in [0.1, 0.15) is 35.4 Å². The summed E-state index contributed by atoms with van der Waals surface area (Å²) in [4.78, 5) is 7.56. The summed E-state index contributed by atoms with van der Waals surface area (Å²) in [5.74, 6) is 1.17. The van der Waals surface area contributed by atoms with Crippen molar-refractivity contribution < 1.29 is 0 Å². The molecule has 3 aromatic rings. The van der Waals surface area contributed by atoms with Gasteiger partial charge in [-0.25, -0.2) is 4.98 Å². The predicted molar refractivity (Wildman–Crippen MR) is 112 cm³/mol. The highest BCUT2D eigenvalue weighted by molar-refractivity contribution is 6.30. The van der Waals surface area contributed by atoms with E-state index in [1.54, 1.807) is 0 Å². The average Bonchev–Trinajstić information content (AvgIpc) is 3.23. The molecule has 2 aromatic carbocycles. The van der Waals surface area contributed by atoms with Crippen LogP contribution in [0.15, 0.2) is 36.4 Å². The van der Waals surface area contributed by atoms with Crippen molar-refractivity contribution in [3.63, 3.8) is 0 Å². The summed E-state index contributed by atoms with van der Waals surface area (Å²) in [6.45, 7) is 8.47. The number of imidazole rings is 1. The van der Waals surface area contributed by atoms with Gasteiger partial charge in [-0.3, -0.25) is 4.90 Å². The Morgan fingerprint density at radius 2 is 1.65 bits per heavy atom. The molecular weight excluding hydrogens is 365 g/mol. The molecule has 2 heterocycles. The number of fused-ring (bicyclic) bond motifs is 1. The van der Waals surface area contributed by atoms with Crippen molar-refractivity contribution in [1.29, 1.82) is 0 Å². The van der Waals surface area contributed by atoms with E-state index in [1.165, 1.54) is 54.0 Å². The van der Waals surface area contributed by atoms with Gasteiger partial charge in [-0.1, -0.05) is 29.8 Å². The molecule has 5 heteroatoms. The number of halogens is 2. The third-order valence-electron chi connectivity index (χ3n) is 5.34. The second-order valence-corrected chi connectivity index (χ2v) is 7.54. The highest BCUT2D eigenvalue weighted by Gasteiger charge is 2.18.